The van der Waals surface area contributed by atoms with Crippen molar-refractivity contribution in [2.75, 3.05) is 0 Å². The molecule has 1 aliphatic heterocycles. The zero-order chi connectivity index (χ0) is 9.47. The highest BCUT2D eigenvalue weighted by Crippen LogP contribution is 2.36. The molecule has 1 atom stereocenters. The van der Waals surface area contributed by atoms with Crippen LogP contribution in [0.3, 0.4) is 0 Å². The third-order valence-corrected chi connectivity index (χ3v) is 3.00. The van der Waals surface area contributed by atoms with Gasteiger partial charge in [0.2, 0.25) is 5.91 Å². The minimum Gasteiger partial charge on any atom is -0.386 e. The Morgan fingerprint density at radius 3 is 2.92 bits per heavy atom. The molecule has 0 saturated carbocycles. The highest BCUT2D eigenvalue weighted by Gasteiger charge is 2.34. The number of carbonyl (C=O) groups is 1. The Morgan fingerprint density at radius 2 is 2.15 bits per heavy atom. The molecule has 0 saturated heterocycles. The van der Waals surface area contributed by atoms with Crippen molar-refractivity contribution >= 4 is 5.91 Å². The summed E-state index contributed by atoms with van der Waals surface area (Å²) in [6, 6.07) is 0. The van der Waals surface area contributed by atoms with Gasteiger partial charge < -0.3 is 10.4 Å². The molecule has 2 rings (SSSR count). The molecule has 3 nitrogen and oxygen atoms in total. The Hall–Kier alpha value is -0.830. The fraction of sp³-hybridized carbons (Fsp3) is 0.700. The minimum atomic E-state index is -0.679. The fourth-order valence-corrected chi connectivity index (χ4v) is 2.26. The quantitative estimate of drug-likeness (QED) is 0.587. The molecule has 0 aromatic rings. The molecule has 1 unspecified atom stereocenters. The molecule has 1 aliphatic carbocycles. The van der Waals surface area contributed by atoms with Crippen LogP contribution in [0, 0.1) is 0 Å². The summed E-state index contributed by atoms with van der Waals surface area (Å²) in [7, 11) is 0. The number of nitrogens with one attached hydrogen (secondary N) is 1. The van der Waals surface area contributed by atoms with Crippen molar-refractivity contribution in [1.82, 2.24) is 5.32 Å². The van der Waals surface area contributed by atoms with Crippen LogP contribution in [0.25, 0.3) is 0 Å². The molecule has 0 spiro atoms. The van der Waals surface area contributed by atoms with E-state index in [1.54, 1.807) is 0 Å². The van der Waals surface area contributed by atoms with E-state index in [1.165, 1.54) is 0 Å². The van der Waals surface area contributed by atoms with Gasteiger partial charge in [-0.05, 0) is 38.2 Å². The Kier molecular flexibility index (Phi) is 1.91. The Morgan fingerprint density at radius 1 is 1.38 bits per heavy atom. The van der Waals surface area contributed by atoms with Crippen molar-refractivity contribution in [2.45, 2.75) is 44.6 Å². The van der Waals surface area contributed by atoms with Crippen molar-refractivity contribution in [3.63, 3.8) is 0 Å². The minimum absolute atomic E-state index is 0.0939. The molecule has 1 amide bonds. The lowest BCUT2D eigenvalue weighted by atomic mass is 9.79. The zero-order valence-electron chi connectivity index (χ0n) is 7.89. The van der Waals surface area contributed by atoms with Gasteiger partial charge in [0, 0.05) is 12.1 Å². The lowest BCUT2D eigenvalue weighted by Crippen LogP contribution is -2.39. The first-order valence-corrected chi connectivity index (χ1v) is 4.84. The molecule has 0 aromatic heterocycles. The summed E-state index contributed by atoms with van der Waals surface area (Å²) in [5, 5.41) is 12.9. The molecule has 0 bridgehead atoms. The van der Waals surface area contributed by atoms with Crippen LogP contribution < -0.4 is 5.32 Å². The van der Waals surface area contributed by atoms with E-state index in [-0.39, 0.29) is 5.91 Å². The average molecular weight is 181 g/mol. The number of hydrogen-bond acceptors (Lipinski definition) is 2. The number of rotatable bonds is 0. The van der Waals surface area contributed by atoms with Crippen molar-refractivity contribution < 1.29 is 9.90 Å². The van der Waals surface area contributed by atoms with Crippen LogP contribution in [-0.2, 0) is 4.79 Å². The molecule has 2 N–H and O–H groups in total. The first kappa shape index (κ1) is 8.75. The molecule has 0 radical (unpaired) electrons. The van der Waals surface area contributed by atoms with Gasteiger partial charge in [0.25, 0.3) is 0 Å². The SMILES string of the molecule is CC1(O)CCCC2=C1CCC(=O)N2. The van der Waals surface area contributed by atoms with E-state index in [9.17, 15) is 9.90 Å². The zero-order valence-corrected chi connectivity index (χ0v) is 7.89. The van der Waals surface area contributed by atoms with E-state index in [1.807, 2.05) is 6.92 Å². The summed E-state index contributed by atoms with van der Waals surface area (Å²) in [6.45, 7) is 1.85. The molecule has 3 heteroatoms. The Bertz CT molecular complexity index is 279. The van der Waals surface area contributed by atoms with Crippen molar-refractivity contribution in [2.24, 2.45) is 0 Å². The molecular formula is C10H15NO2. The summed E-state index contributed by atoms with van der Waals surface area (Å²) in [5.74, 6) is 0.0939. The van der Waals surface area contributed by atoms with Gasteiger partial charge in [0.15, 0.2) is 0 Å². The maximum Gasteiger partial charge on any atom is 0.224 e. The summed E-state index contributed by atoms with van der Waals surface area (Å²) in [5.41, 5.74) is 1.35. The van der Waals surface area contributed by atoms with Crippen LogP contribution in [0.15, 0.2) is 11.3 Å². The standard InChI is InChI=1S/C10H15NO2/c1-10(13)6-2-3-8-7(10)4-5-9(12)11-8/h13H,2-6H2,1H3,(H,11,12). The summed E-state index contributed by atoms with van der Waals surface area (Å²) in [4.78, 5) is 11.1. The Labute approximate surface area is 77.8 Å². The van der Waals surface area contributed by atoms with Crippen LogP contribution in [0.2, 0.25) is 0 Å². The lowest BCUT2D eigenvalue weighted by Gasteiger charge is -2.36. The number of allylic oxidation sites excluding steroid dienone is 1. The lowest BCUT2D eigenvalue weighted by molar-refractivity contribution is -0.121. The maximum atomic E-state index is 11.1. The second-order valence-corrected chi connectivity index (χ2v) is 4.13. The van der Waals surface area contributed by atoms with Gasteiger partial charge in [-0.3, -0.25) is 4.79 Å². The van der Waals surface area contributed by atoms with E-state index < -0.39 is 5.60 Å². The number of carbonyl (C=O) groups excluding carboxylic acids is 1. The van der Waals surface area contributed by atoms with Crippen LogP contribution in [0.5, 0.6) is 0 Å². The molecule has 13 heavy (non-hydrogen) atoms. The second kappa shape index (κ2) is 2.84. The predicted octanol–water partition coefficient (Wildman–Crippen LogP) is 1.09. The van der Waals surface area contributed by atoms with E-state index in [2.05, 4.69) is 5.32 Å². The first-order valence-electron chi connectivity index (χ1n) is 4.84. The molecular weight excluding hydrogens is 166 g/mol. The topological polar surface area (TPSA) is 49.3 Å². The molecule has 0 fully saturated rings. The van der Waals surface area contributed by atoms with Gasteiger partial charge in [-0.15, -0.1) is 0 Å². The molecule has 1 heterocycles. The molecule has 72 valence electrons. The fourth-order valence-electron chi connectivity index (χ4n) is 2.26. The van der Waals surface area contributed by atoms with Crippen molar-refractivity contribution in [3.05, 3.63) is 11.3 Å². The van der Waals surface area contributed by atoms with Gasteiger partial charge in [0.05, 0.1) is 5.60 Å². The second-order valence-electron chi connectivity index (χ2n) is 4.13. The third-order valence-electron chi connectivity index (χ3n) is 3.00. The summed E-state index contributed by atoms with van der Waals surface area (Å²) < 4.78 is 0. The first-order chi connectivity index (χ1) is 6.09. The third kappa shape index (κ3) is 1.48. The normalized spacial score (nSPS) is 34.2. The van der Waals surface area contributed by atoms with E-state index >= 15 is 0 Å². The van der Waals surface area contributed by atoms with E-state index in [4.69, 9.17) is 0 Å². The van der Waals surface area contributed by atoms with Crippen molar-refractivity contribution in [1.29, 1.82) is 0 Å². The molecule has 0 aromatic carbocycles. The number of amides is 1. The van der Waals surface area contributed by atoms with Crippen molar-refractivity contribution in [3.8, 4) is 0 Å². The number of hydrogen-bond donors (Lipinski definition) is 2. The largest absolute Gasteiger partial charge is 0.386 e. The maximum absolute atomic E-state index is 11.1. The van der Waals surface area contributed by atoms with Gasteiger partial charge >= 0.3 is 0 Å². The average Bonchev–Trinajstić information content (AvgIpc) is 2.02. The van der Waals surface area contributed by atoms with Crippen LogP contribution in [0.1, 0.15) is 39.0 Å². The summed E-state index contributed by atoms with van der Waals surface area (Å²) >= 11 is 0. The Balaban J connectivity index is 2.33. The van der Waals surface area contributed by atoms with E-state index in [0.29, 0.717) is 6.42 Å². The smallest absolute Gasteiger partial charge is 0.224 e. The summed E-state index contributed by atoms with van der Waals surface area (Å²) in [6.07, 6.45) is 3.95. The highest BCUT2D eigenvalue weighted by molar-refractivity contribution is 5.79. The highest BCUT2D eigenvalue weighted by atomic mass is 16.3. The van der Waals surface area contributed by atoms with Crippen LogP contribution in [-0.4, -0.2) is 16.6 Å². The predicted molar refractivity (Wildman–Crippen MR) is 48.9 cm³/mol. The number of aliphatic hydroxyl groups is 1. The van der Waals surface area contributed by atoms with Crippen LogP contribution in [0.4, 0.5) is 0 Å². The van der Waals surface area contributed by atoms with E-state index in [0.717, 1.165) is 37.0 Å². The molecule has 2 aliphatic rings. The van der Waals surface area contributed by atoms with Gasteiger partial charge in [-0.2, -0.15) is 0 Å². The van der Waals surface area contributed by atoms with Gasteiger partial charge in [-0.25, -0.2) is 0 Å². The van der Waals surface area contributed by atoms with Crippen LogP contribution >= 0.6 is 0 Å². The van der Waals surface area contributed by atoms with Gasteiger partial charge in [-0.1, -0.05) is 0 Å². The monoisotopic (exact) mass is 181 g/mol. The van der Waals surface area contributed by atoms with Gasteiger partial charge in [0.1, 0.15) is 0 Å².